The molecule has 2 rings (SSSR count). The molecule has 1 aliphatic heterocycles. The van der Waals surface area contributed by atoms with Crippen molar-refractivity contribution in [2.75, 3.05) is 31.1 Å². The van der Waals surface area contributed by atoms with Gasteiger partial charge in [0.2, 0.25) is 5.82 Å². The van der Waals surface area contributed by atoms with E-state index < -0.39 is 0 Å². The van der Waals surface area contributed by atoms with Gasteiger partial charge in [-0.1, -0.05) is 13.8 Å². The fourth-order valence-electron chi connectivity index (χ4n) is 2.32. The molecular formula is C11H19N5O2. The Labute approximate surface area is 106 Å². The van der Waals surface area contributed by atoms with Gasteiger partial charge in [0.1, 0.15) is 5.69 Å². The van der Waals surface area contributed by atoms with Gasteiger partial charge in [-0.25, -0.2) is 4.68 Å². The van der Waals surface area contributed by atoms with Crippen LogP contribution in [0.5, 0.6) is 0 Å². The van der Waals surface area contributed by atoms with E-state index in [1.807, 2.05) is 18.7 Å². The van der Waals surface area contributed by atoms with Crippen molar-refractivity contribution >= 4 is 11.5 Å². The van der Waals surface area contributed by atoms with Crippen LogP contribution in [0.15, 0.2) is 0 Å². The van der Waals surface area contributed by atoms with Crippen molar-refractivity contribution in [3.63, 3.8) is 0 Å². The summed E-state index contributed by atoms with van der Waals surface area (Å²) in [5.41, 5.74) is 0.727. The van der Waals surface area contributed by atoms with Crippen LogP contribution in [-0.2, 0) is 7.05 Å². The highest BCUT2D eigenvalue weighted by atomic mass is 16.6. The Morgan fingerprint density at radius 1 is 1.39 bits per heavy atom. The summed E-state index contributed by atoms with van der Waals surface area (Å²) in [6.45, 7) is 7.10. The molecule has 0 radical (unpaired) electrons. The number of nitrogens with one attached hydrogen (secondary N) is 1. The summed E-state index contributed by atoms with van der Waals surface area (Å²) in [6, 6.07) is 0. The Kier molecular flexibility index (Phi) is 3.51. The summed E-state index contributed by atoms with van der Waals surface area (Å²) in [4.78, 5) is 13.0. The van der Waals surface area contributed by atoms with Crippen LogP contribution in [0.4, 0.5) is 11.5 Å². The summed E-state index contributed by atoms with van der Waals surface area (Å²) in [5, 5.41) is 18.9. The van der Waals surface area contributed by atoms with Gasteiger partial charge in [0.15, 0.2) is 0 Å². The van der Waals surface area contributed by atoms with E-state index in [-0.39, 0.29) is 16.5 Å². The molecular weight excluding hydrogens is 234 g/mol. The number of piperazine rings is 1. The lowest BCUT2D eigenvalue weighted by Gasteiger charge is -2.28. The third kappa shape index (κ3) is 2.17. The van der Waals surface area contributed by atoms with E-state index in [0.29, 0.717) is 11.5 Å². The minimum Gasteiger partial charge on any atom is -0.349 e. The number of aromatic nitrogens is 2. The van der Waals surface area contributed by atoms with Crippen molar-refractivity contribution in [3.05, 3.63) is 15.8 Å². The molecule has 0 spiro atoms. The Morgan fingerprint density at radius 3 is 2.50 bits per heavy atom. The second-order valence-corrected chi connectivity index (χ2v) is 4.83. The molecule has 1 aromatic rings. The molecule has 1 N–H and O–H groups in total. The van der Waals surface area contributed by atoms with E-state index in [1.165, 1.54) is 0 Å². The highest BCUT2D eigenvalue weighted by Gasteiger charge is 2.32. The first kappa shape index (κ1) is 12.8. The smallest absolute Gasteiger partial charge is 0.334 e. The minimum absolute atomic E-state index is 0.0493. The Morgan fingerprint density at radius 2 is 2.00 bits per heavy atom. The van der Waals surface area contributed by atoms with Crippen molar-refractivity contribution in [2.45, 2.75) is 19.8 Å². The SMILES string of the molecule is CC(C)c1nn(C)c(N2CCNCC2)c1[N+](=O)[O-]. The summed E-state index contributed by atoms with van der Waals surface area (Å²) < 4.78 is 1.64. The predicted octanol–water partition coefficient (Wildman–Crippen LogP) is 0.861. The molecule has 0 bridgehead atoms. The average Bonchev–Trinajstić information content (AvgIpc) is 2.68. The molecule has 1 saturated heterocycles. The number of anilines is 1. The van der Waals surface area contributed by atoms with Gasteiger partial charge in [-0.2, -0.15) is 5.10 Å². The van der Waals surface area contributed by atoms with Crippen LogP contribution in [0.25, 0.3) is 0 Å². The van der Waals surface area contributed by atoms with Gasteiger partial charge >= 0.3 is 5.69 Å². The maximum atomic E-state index is 11.3. The van der Waals surface area contributed by atoms with Crippen LogP contribution >= 0.6 is 0 Å². The second kappa shape index (κ2) is 4.93. The number of aryl methyl sites for hydroxylation is 1. The maximum absolute atomic E-state index is 11.3. The molecule has 0 amide bonds. The summed E-state index contributed by atoms with van der Waals surface area (Å²) in [5.74, 6) is 0.679. The molecule has 7 nitrogen and oxygen atoms in total. The van der Waals surface area contributed by atoms with Crippen molar-refractivity contribution in [3.8, 4) is 0 Å². The maximum Gasteiger partial charge on any atom is 0.334 e. The third-order valence-corrected chi connectivity index (χ3v) is 3.16. The van der Waals surface area contributed by atoms with Crippen molar-refractivity contribution in [1.29, 1.82) is 0 Å². The lowest BCUT2D eigenvalue weighted by molar-refractivity contribution is -0.385. The normalized spacial score (nSPS) is 16.3. The molecule has 2 heterocycles. The first-order valence-electron chi connectivity index (χ1n) is 6.19. The number of nitrogens with zero attached hydrogens (tertiary/aromatic N) is 4. The molecule has 1 aromatic heterocycles. The first-order chi connectivity index (χ1) is 8.52. The lowest BCUT2D eigenvalue weighted by Crippen LogP contribution is -2.44. The molecule has 0 unspecified atom stereocenters. The number of hydrogen-bond donors (Lipinski definition) is 1. The fraction of sp³-hybridized carbons (Fsp3) is 0.727. The van der Waals surface area contributed by atoms with Gasteiger partial charge in [-0.05, 0) is 0 Å². The lowest BCUT2D eigenvalue weighted by atomic mass is 10.1. The van der Waals surface area contributed by atoms with Gasteiger partial charge < -0.3 is 10.2 Å². The van der Waals surface area contributed by atoms with Crippen LogP contribution in [0.3, 0.4) is 0 Å². The van der Waals surface area contributed by atoms with Crippen LogP contribution < -0.4 is 10.2 Å². The standard InChI is InChI=1S/C11H19N5O2/c1-8(2)9-10(16(17)18)11(14(3)13-9)15-6-4-12-5-7-15/h8,12H,4-7H2,1-3H3. The second-order valence-electron chi connectivity index (χ2n) is 4.83. The minimum atomic E-state index is -0.306. The summed E-state index contributed by atoms with van der Waals surface area (Å²) in [6.07, 6.45) is 0. The van der Waals surface area contributed by atoms with E-state index >= 15 is 0 Å². The van der Waals surface area contributed by atoms with E-state index in [4.69, 9.17) is 0 Å². The molecule has 7 heteroatoms. The molecule has 0 aromatic carbocycles. The zero-order chi connectivity index (χ0) is 13.3. The molecule has 0 aliphatic carbocycles. The molecule has 0 atom stereocenters. The van der Waals surface area contributed by atoms with Crippen molar-refractivity contribution in [2.24, 2.45) is 7.05 Å². The van der Waals surface area contributed by atoms with Crippen LogP contribution in [-0.4, -0.2) is 40.9 Å². The zero-order valence-electron chi connectivity index (χ0n) is 11.0. The van der Waals surface area contributed by atoms with Crippen LogP contribution in [0.1, 0.15) is 25.5 Å². The average molecular weight is 253 g/mol. The van der Waals surface area contributed by atoms with Crippen LogP contribution in [0.2, 0.25) is 0 Å². The van der Waals surface area contributed by atoms with Crippen LogP contribution in [0, 0.1) is 10.1 Å². The van der Waals surface area contributed by atoms with Gasteiger partial charge in [0, 0.05) is 39.1 Å². The number of nitro groups is 1. The molecule has 1 aliphatic rings. The van der Waals surface area contributed by atoms with Gasteiger partial charge in [0.05, 0.1) is 4.92 Å². The van der Waals surface area contributed by atoms with Crippen molar-refractivity contribution < 1.29 is 4.92 Å². The quantitative estimate of drug-likeness (QED) is 0.638. The third-order valence-electron chi connectivity index (χ3n) is 3.16. The molecule has 1 fully saturated rings. The highest BCUT2D eigenvalue weighted by Crippen LogP contribution is 2.35. The van der Waals surface area contributed by atoms with Crippen molar-refractivity contribution in [1.82, 2.24) is 15.1 Å². The highest BCUT2D eigenvalue weighted by molar-refractivity contribution is 5.62. The van der Waals surface area contributed by atoms with E-state index in [2.05, 4.69) is 10.4 Å². The predicted molar refractivity (Wildman–Crippen MR) is 69.0 cm³/mol. The van der Waals surface area contributed by atoms with E-state index in [0.717, 1.165) is 26.2 Å². The molecule has 18 heavy (non-hydrogen) atoms. The van der Waals surface area contributed by atoms with E-state index in [9.17, 15) is 10.1 Å². The van der Waals surface area contributed by atoms with Gasteiger partial charge in [-0.15, -0.1) is 0 Å². The first-order valence-corrected chi connectivity index (χ1v) is 6.19. The number of hydrogen-bond acceptors (Lipinski definition) is 5. The fourth-order valence-corrected chi connectivity index (χ4v) is 2.32. The Balaban J connectivity index is 2.47. The topological polar surface area (TPSA) is 76.2 Å². The summed E-state index contributed by atoms with van der Waals surface area (Å²) >= 11 is 0. The number of rotatable bonds is 3. The Hall–Kier alpha value is -1.63. The Bertz CT molecular complexity index is 449. The molecule has 100 valence electrons. The van der Waals surface area contributed by atoms with E-state index in [1.54, 1.807) is 11.7 Å². The monoisotopic (exact) mass is 253 g/mol. The van der Waals surface area contributed by atoms with Gasteiger partial charge in [-0.3, -0.25) is 10.1 Å². The summed E-state index contributed by atoms with van der Waals surface area (Å²) in [7, 11) is 1.77. The largest absolute Gasteiger partial charge is 0.349 e. The van der Waals surface area contributed by atoms with Gasteiger partial charge in [0.25, 0.3) is 0 Å². The molecule has 0 saturated carbocycles. The zero-order valence-corrected chi connectivity index (χ0v) is 11.0.